The molecule has 0 saturated carbocycles. The molecular formula is C22H32N4O3. The normalized spacial score (nSPS) is 24.9. The van der Waals surface area contributed by atoms with Gasteiger partial charge in [0.25, 0.3) is 5.91 Å². The first-order chi connectivity index (χ1) is 14.0. The Bertz CT molecular complexity index is 864. The molecule has 2 fully saturated rings. The minimum Gasteiger partial charge on any atom is -0.506 e. The number of hydrogen-bond donors (Lipinski definition) is 2. The topological polar surface area (TPSA) is 79.6 Å². The van der Waals surface area contributed by atoms with Crippen molar-refractivity contribution in [3.8, 4) is 5.75 Å². The van der Waals surface area contributed by atoms with Crippen LogP contribution < -0.4 is 5.32 Å². The number of phenols is 1. The average molecular weight is 401 g/mol. The van der Waals surface area contributed by atoms with Gasteiger partial charge < -0.3 is 15.2 Å². The van der Waals surface area contributed by atoms with E-state index in [2.05, 4.69) is 22.2 Å². The van der Waals surface area contributed by atoms with Crippen LogP contribution in [0.15, 0.2) is 18.2 Å². The lowest BCUT2D eigenvalue weighted by atomic mass is 9.89. The summed E-state index contributed by atoms with van der Waals surface area (Å²) in [6.07, 6.45) is 4.20. The van der Waals surface area contributed by atoms with Crippen molar-refractivity contribution in [2.75, 3.05) is 19.8 Å². The number of morpholine rings is 1. The average Bonchev–Trinajstić information content (AvgIpc) is 3.08. The van der Waals surface area contributed by atoms with Crippen molar-refractivity contribution in [2.45, 2.75) is 70.6 Å². The summed E-state index contributed by atoms with van der Waals surface area (Å²) >= 11 is 0. The Morgan fingerprint density at radius 3 is 2.69 bits per heavy atom. The maximum Gasteiger partial charge on any atom is 0.272 e. The minimum atomic E-state index is -0.161. The fourth-order valence-electron chi connectivity index (χ4n) is 4.78. The molecule has 2 saturated heterocycles. The highest BCUT2D eigenvalue weighted by Crippen LogP contribution is 2.31. The summed E-state index contributed by atoms with van der Waals surface area (Å²) in [4.78, 5) is 15.7. The zero-order valence-electron chi connectivity index (χ0n) is 17.6. The molecule has 2 atom stereocenters. The third-order valence-electron chi connectivity index (χ3n) is 6.19. The molecular weight excluding hydrogens is 368 g/mol. The lowest BCUT2D eigenvalue weighted by molar-refractivity contribution is -0.0802. The molecule has 3 heterocycles. The van der Waals surface area contributed by atoms with E-state index in [9.17, 15) is 9.90 Å². The van der Waals surface area contributed by atoms with E-state index in [-0.39, 0.29) is 23.7 Å². The molecule has 2 aromatic rings. The predicted octanol–water partition coefficient (Wildman–Crippen LogP) is 3.08. The Kier molecular flexibility index (Phi) is 5.79. The van der Waals surface area contributed by atoms with Crippen molar-refractivity contribution < 1.29 is 14.6 Å². The molecule has 2 N–H and O–H groups in total. The first-order valence-corrected chi connectivity index (χ1v) is 10.8. The molecule has 0 spiro atoms. The van der Waals surface area contributed by atoms with Crippen LogP contribution in [0.5, 0.6) is 5.75 Å². The van der Waals surface area contributed by atoms with Crippen molar-refractivity contribution in [1.82, 2.24) is 20.0 Å². The van der Waals surface area contributed by atoms with Gasteiger partial charge >= 0.3 is 0 Å². The Balaban J connectivity index is 1.53. The summed E-state index contributed by atoms with van der Waals surface area (Å²) in [5, 5.41) is 18.8. The first kappa shape index (κ1) is 20.2. The molecule has 1 amide bonds. The molecule has 7 heteroatoms. The molecule has 158 valence electrons. The zero-order chi connectivity index (χ0) is 20.5. The molecule has 2 aliphatic heterocycles. The van der Waals surface area contributed by atoms with Crippen LogP contribution in [-0.4, -0.2) is 63.6 Å². The number of benzene rings is 1. The van der Waals surface area contributed by atoms with Crippen LogP contribution in [0.1, 0.15) is 63.0 Å². The molecule has 1 aromatic carbocycles. The smallest absolute Gasteiger partial charge is 0.272 e. The zero-order valence-corrected chi connectivity index (χ0v) is 17.6. The number of ether oxygens (including phenoxy) is 1. The summed E-state index contributed by atoms with van der Waals surface area (Å²) < 4.78 is 7.52. The second-order valence-electron chi connectivity index (χ2n) is 8.64. The van der Waals surface area contributed by atoms with Crippen molar-refractivity contribution in [1.29, 1.82) is 0 Å². The number of phenolic OH excluding ortho intramolecular Hbond substituents is 1. The van der Waals surface area contributed by atoms with E-state index < -0.39 is 0 Å². The van der Waals surface area contributed by atoms with Crippen molar-refractivity contribution >= 4 is 16.8 Å². The molecule has 7 nitrogen and oxygen atoms in total. The van der Waals surface area contributed by atoms with Crippen LogP contribution in [0.3, 0.4) is 0 Å². The lowest BCUT2D eigenvalue weighted by Crippen LogP contribution is -2.60. The molecule has 29 heavy (non-hydrogen) atoms. The quantitative estimate of drug-likeness (QED) is 0.779. The Labute approximate surface area is 172 Å². The first-order valence-electron chi connectivity index (χ1n) is 10.8. The summed E-state index contributed by atoms with van der Waals surface area (Å²) in [5.74, 6) is -0.00957. The monoisotopic (exact) mass is 400 g/mol. The number of amides is 1. The molecule has 0 radical (unpaired) electrons. The van der Waals surface area contributed by atoms with Crippen LogP contribution in [0.2, 0.25) is 0 Å². The van der Waals surface area contributed by atoms with E-state index in [0.717, 1.165) is 32.6 Å². The molecule has 1 aromatic heterocycles. The second-order valence-corrected chi connectivity index (χ2v) is 8.64. The fraction of sp³-hybridized carbons (Fsp3) is 0.636. The van der Waals surface area contributed by atoms with Crippen LogP contribution in [0.25, 0.3) is 10.9 Å². The number of carbonyl (C=O) groups is 1. The van der Waals surface area contributed by atoms with E-state index >= 15 is 0 Å². The standard InChI is InChI=1S/C22H32N4O3/c1-4-5-9-25-16-10-15(11-17(25)13-29-12-16)23-22(28)20-18-7-6-8-19(27)21(18)26(24-20)14(2)3/h6-8,14-17,27H,4-5,9-13H2,1-3H3,(H,23,28). The van der Waals surface area contributed by atoms with Gasteiger partial charge in [-0.2, -0.15) is 5.10 Å². The highest BCUT2D eigenvalue weighted by molar-refractivity contribution is 6.06. The number of nitrogens with one attached hydrogen (secondary N) is 1. The van der Waals surface area contributed by atoms with Crippen LogP contribution >= 0.6 is 0 Å². The van der Waals surface area contributed by atoms with E-state index in [1.54, 1.807) is 16.8 Å². The third-order valence-corrected chi connectivity index (χ3v) is 6.19. The van der Waals surface area contributed by atoms with Gasteiger partial charge in [0.15, 0.2) is 5.69 Å². The number of carbonyl (C=O) groups excluding carboxylic acids is 1. The number of rotatable bonds is 6. The van der Waals surface area contributed by atoms with Crippen LogP contribution in [-0.2, 0) is 4.74 Å². The number of unbranched alkanes of at least 4 members (excludes halogenated alkanes) is 1. The number of nitrogens with zero attached hydrogens (tertiary/aromatic N) is 3. The van der Waals surface area contributed by atoms with Crippen LogP contribution in [0.4, 0.5) is 0 Å². The Morgan fingerprint density at radius 1 is 1.31 bits per heavy atom. The van der Waals surface area contributed by atoms with Crippen LogP contribution in [0, 0.1) is 0 Å². The highest BCUT2D eigenvalue weighted by Gasteiger charge is 2.39. The Morgan fingerprint density at radius 2 is 2.03 bits per heavy atom. The highest BCUT2D eigenvalue weighted by atomic mass is 16.5. The number of piperidine rings is 1. The molecule has 2 aliphatic rings. The second kappa shape index (κ2) is 8.32. The van der Waals surface area contributed by atoms with Crippen molar-refractivity contribution in [2.24, 2.45) is 0 Å². The van der Waals surface area contributed by atoms with E-state index in [1.807, 2.05) is 19.9 Å². The van der Waals surface area contributed by atoms with Gasteiger partial charge in [0.05, 0.1) is 13.2 Å². The molecule has 4 rings (SSSR count). The lowest BCUT2D eigenvalue weighted by Gasteiger charge is -2.48. The number of aromatic hydroxyl groups is 1. The van der Waals surface area contributed by atoms with Crippen molar-refractivity contribution in [3.63, 3.8) is 0 Å². The van der Waals surface area contributed by atoms with Gasteiger partial charge in [0.2, 0.25) is 0 Å². The molecule has 2 unspecified atom stereocenters. The maximum absolute atomic E-state index is 13.1. The van der Waals surface area contributed by atoms with Gasteiger partial charge in [-0.25, -0.2) is 0 Å². The fourth-order valence-corrected chi connectivity index (χ4v) is 4.78. The number of hydrogen-bond acceptors (Lipinski definition) is 5. The SMILES string of the molecule is CCCCN1C2COCC1CC(NC(=O)c1nn(C(C)C)c3c(O)cccc13)C2. The van der Waals surface area contributed by atoms with E-state index in [4.69, 9.17) is 4.74 Å². The van der Waals surface area contributed by atoms with Gasteiger partial charge in [-0.3, -0.25) is 14.4 Å². The van der Waals surface area contributed by atoms with Gasteiger partial charge in [-0.1, -0.05) is 25.5 Å². The third kappa shape index (κ3) is 3.85. The summed E-state index contributed by atoms with van der Waals surface area (Å²) in [7, 11) is 0. The Hall–Kier alpha value is -2.12. The predicted molar refractivity (Wildman–Crippen MR) is 112 cm³/mol. The van der Waals surface area contributed by atoms with Gasteiger partial charge in [-0.05, 0) is 45.7 Å². The van der Waals surface area contributed by atoms with Gasteiger partial charge in [0.1, 0.15) is 11.3 Å². The van der Waals surface area contributed by atoms with Crippen molar-refractivity contribution in [3.05, 3.63) is 23.9 Å². The number of para-hydroxylation sites is 1. The summed E-state index contributed by atoms with van der Waals surface area (Å²) in [6, 6.07) is 6.15. The largest absolute Gasteiger partial charge is 0.506 e. The molecule has 0 aliphatic carbocycles. The van der Waals surface area contributed by atoms with E-state index in [1.165, 1.54) is 12.8 Å². The van der Waals surface area contributed by atoms with Gasteiger partial charge in [-0.15, -0.1) is 0 Å². The van der Waals surface area contributed by atoms with Gasteiger partial charge in [0, 0.05) is 29.6 Å². The number of fused-ring (bicyclic) bond motifs is 3. The van der Waals surface area contributed by atoms with E-state index in [0.29, 0.717) is 28.7 Å². The summed E-state index contributed by atoms with van der Waals surface area (Å²) in [5.41, 5.74) is 1.01. The minimum absolute atomic E-state index is 0.0469. The maximum atomic E-state index is 13.1. The molecule has 2 bridgehead atoms. The summed E-state index contributed by atoms with van der Waals surface area (Å²) in [6.45, 7) is 8.80. The number of aromatic nitrogens is 2.